The number of nitrogens with zero attached hydrogens (tertiary/aromatic N) is 2. The molecule has 234 valence electrons. The third kappa shape index (κ3) is 8.18. The van der Waals surface area contributed by atoms with Crippen molar-refractivity contribution in [3.63, 3.8) is 0 Å². The summed E-state index contributed by atoms with van der Waals surface area (Å²) in [4.78, 5) is 41.9. The monoisotopic (exact) mass is 608 g/mol. The minimum Gasteiger partial charge on any atom is -0.395 e. The molecule has 0 aromatic heterocycles. The Morgan fingerprint density at radius 1 is 0.841 bits per heavy atom. The highest BCUT2D eigenvalue weighted by Gasteiger charge is 2.34. The summed E-state index contributed by atoms with van der Waals surface area (Å²) in [6, 6.07) is 16.8. The molecule has 0 aliphatic heterocycles. The molecule has 0 bridgehead atoms. The Kier molecular flexibility index (Phi) is 11.4. The van der Waals surface area contributed by atoms with Crippen molar-refractivity contribution < 1.29 is 33.4 Å². The van der Waals surface area contributed by atoms with Gasteiger partial charge in [-0.2, -0.15) is 0 Å². The van der Waals surface area contributed by atoms with E-state index in [1.165, 1.54) is 58.3 Å². The van der Waals surface area contributed by atoms with Crippen LogP contribution in [0.15, 0.2) is 72.8 Å². The number of nitrogens with two attached hydrogens (primary N) is 1. The zero-order chi connectivity index (χ0) is 31.6. The number of hydrogen-bond donors (Lipinski definition) is 4. The average Bonchev–Trinajstić information content (AvgIpc) is 3.03. The second-order valence-corrected chi connectivity index (χ2v) is 10.9. The van der Waals surface area contributed by atoms with E-state index in [1.807, 2.05) is 24.3 Å². The number of nitrogens with one attached hydrogen (secondary N) is 1. The molecule has 44 heavy (non-hydrogen) atoms. The van der Waals surface area contributed by atoms with Gasteiger partial charge >= 0.3 is 6.03 Å². The van der Waals surface area contributed by atoms with Crippen molar-refractivity contribution in [3.8, 4) is 0 Å². The molecule has 3 aromatic rings. The summed E-state index contributed by atoms with van der Waals surface area (Å²) in [7, 11) is 0. The van der Waals surface area contributed by atoms with Crippen LogP contribution in [0.25, 0.3) is 0 Å². The number of hydrogen-bond acceptors (Lipinski definition) is 5. The van der Waals surface area contributed by atoms with Crippen LogP contribution in [-0.2, 0) is 16.1 Å². The molecule has 11 heteroatoms. The highest BCUT2D eigenvalue weighted by molar-refractivity contribution is 5.92. The van der Waals surface area contributed by atoms with Crippen LogP contribution in [0.5, 0.6) is 0 Å². The third-order valence-corrected chi connectivity index (χ3v) is 8.01. The Bertz CT molecular complexity index is 1400. The largest absolute Gasteiger partial charge is 0.395 e. The van der Waals surface area contributed by atoms with E-state index >= 15 is 0 Å². The molecule has 1 aliphatic rings. The smallest absolute Gasteiger partial charge is 0.324 e. The number of anilines is 1. The van der Waals surface area contributed by atoms with Gasteiger partial charge in [-0.1, -0.05) is 49.2 Å². The number of aliphatic hydroxyl groups excluding tert-OH is 2. The molecule has 0 saturated heterocycles. The second-order valence-electron chi connectivity index (χ2n) is 10.9. The molecule has 1 fully saturated rings. The van der Waals surface area contributed by atoms with Crippen LogP contribution in [0.3, 0.4) is 0 Å². The molecule has 1 aliphatic carbocycles. The molecular formula is C33H38F2N4O5. The van der Waals surface area contributed by atoms with E-state index in [-0.39, 0.29) is 44.7 Å². The zero-order valence-electron chi connectivity index (χ0n) is 24.4. The lowest BCUT2D eigenvalue weighted by molar-refractivity contribution is -0.131. The minimum absolute atomic E-state index is 0.0267. The first-order chi connectivity index (χ1) is 21.2. The maximum atomic E-state index is 13.7. The van der Waals surface area contributed by atoms with Crippen LogP contribution < -0.4 is 16.0 Å². The van der Waals surface area contributed by atoms with Crippen molar-refractivity contribution >= 4 is 23.5 Å². The van der Waals surface area contributed by atoms with Crippen LogP contribution in [0.2, 0.25) is 0 Å². The third-order valence-electron chi connectivity index (χ3n) is 8.01. The van der Waals surface area contributed by atoms with Gasteiger partial charge in [-0.15, -0.1) is 0 Å². The maximum Gasteiger partial charge on any atom is 0.324 e. The molecule has 0 heterocycles. The molecule has 9 nitrogen and oxygen atoms in total. The lowest BCUT2D eigenvalue weighted by Crippen LogP contribution is -2.45. The summed E-state index contributed by atoms with van der Waals surface area (Å²) in [6.45, 7) is -0.363. The van der Waals surface area contributed by atoms with E-state index in [1.54, 1.807) is 0 Å². The summed E-state index contributed by atoms with van der Waals surface area (Å²) in [5, 5.41) is 21.7. The van der Waals surface area contributed by atoms with Gasteiger partial charge in [0.2, 0.25) is 11.8 Å². The van der Waals surface area contributed by atoms with Gasteiger partial charge in [0.05, 0.1) is 19.8 Å². The molecule has 4 rings (SSSR count). The summed E-state index contributed by atoms with van der Waals surface area (Å²) in [5.41, 5.74) is 8.16. The van der Waals surface area contributed by atoms with Crippen LogP contribution in [-0.4, -0.2) is 59.3 Å². The second kappa shape index (κ2) is 15.4. The number of urea groups is 1. The molecule has 3 aromatic carbocycles. The predicted molar refractivity (Wildman–Crippen MR) is 161 cm³/mol. The predicted octanol–water partition coefficient (Wildman–Crippen LogP) is 3.99. The van der Waals surface area contributed by atoms with Gasteiger partial charge in [0, 0.05) is 24.7 Å². The molecule has 3 unspecified atom stereocenters. The number of halogens is 2. The summed E-state index contributed by atoms with van der Waals surface area (Å²) < 4.78 is 27.1. The molecule has 3 atom stereocenters. The summed E-state index contributed by atoms with van der Waals surface area (Å²) in [5.74, 6) is -2.46. The van der Waals surface area contributed by atoms with Gasteiger partial charge in [-0.25, -0.2) is 13.6 Å². The SMILES string of the molecule is NC(=O)C(NC(=O)C1CCCCC1c1ccc(CN(C(=O)N(CCO)CCO)c2ccc(F)cc2)cc1)c1ccc(F)cc1. The zero-order valence-corrected chi connectivity index (χ0v) is 24.4. The van der Waals surface area contributed by atoms with Crippen molar-refractivity contribution in [3.05, 3.63) is 101 Å². The Labute approximate surface area is 255 Å². The normalized spacial score (nSPS) is 17.0. The van der Waals surface area contributed by atoms with Crippen LogP contribution >= 0.6 is 0 Å². The van der Waals surface area contributed by atoms with Crippen molar-refractivity contribution in [1.29, 1.82) is 0 Å². The quantitative estimate of drug-likeness (QED) is 0.247. The van der Waals surface area contributed by atoms with E-state index in [0.717, 1.165) is 30.4 Å². The standard InChI is InChI=1S/C33H38F2N4O5/c34-25-11-9-24(10-12-25)30(31(36)42)37-32(43)29-4-2-1-3-28(29)23-7-5-22(6-8-23)21-39(27-15-13-26(35)14-16-27)33(44)38(17-19-40)18-20-41/h5-16,28-30,40-41H,1-4,17-21H2,(H2,36,42)(H,37,43). The number of carbonyl (C=O) groups is 3. The fourth-order valence-electron chi connectivity index (χ4n) is 5.73. The summed E-state index contributed by atoms with van der Waals surface area (Å²) >= 11 is 0. The van der Waals surface area contributed by atoms with Gasteiger partial charge in [-0.05, 0) is 71.8 Å². The minimum atomic E-state index is -1.08. The van der Waals surface area contributed by atoms with Crippen molar-refractivity contribution in [2.45, 2.75) is 44.2 Å². The number of carbonyl (C=O) groups excluding carboxylic acids is 3. The molecule has 1 saturated carbocycles. The highest BCUT2D eigenvalue weighted by atomic mass is 19.1. The average molecular weight is 609 g/mol. The fraction of sp³-hybridized carbons (Fsp3) is 0.364. The topological polar surface area (TPSA) is 136 Å². The Balaban J connectivity index is 1.53. The summed E-state index contributed by atoms with van der Waals surface area (Å²) in [6.07, 6.45) is 3.20. The van der Waals surface area contributed by atoms with Crippen molar-refractivity contribution in [1.82, 2.24) is 10.2 Å². The molecule has 5 N–H and O–H groups in total. The van der Waals surface area contributed by atoms with E-state index in [9.17, 15) is 33.4 Å². The lowest BCUT2D eigenvalue weighted by atomic mass is 9.74. The molecule has 0 radical (unpaired) electrons. The van der Waals surface area contributed by atoms with E-state index < -0.39 is 35.5 Å². The molecule has 0 spiro atoms. The number of benzene rings is 3. The van der Waals surface area contributed by atoms with Gasteiger partial charge in [0.25, 0.3) is 0 Å². The lowest BCUT2D eigenvalue weighted by Gasteiger charge is -2.32. The van der Waals surface area contributed by atoms with Crippen LogP contribution in [0, 0.1) is 17.6 Å². The molecular weight excluding hydrogens is 570 g/mol. The molecule has 4 amide bonds. The van der Waals surface area contributed by atoms with E-state index in [0.29, 0.717) is 17.7 Å². The number of primary amides is 1. The van der Waals surface area contributed by atoms with Crippen LogP contribution in [0.1, 0.15) is 54.3 Å². The van der Waals surface area contributed by atoms with Crippen molar-refractivity contribution in [2.75, 3.05) is 31.2 Å². The van der Waals surface area contributed by atoms with E-state index in [4.69, 9.17) is 5.73 Å². The van der Waals surface area contributed by atoms with E-state index in [2.05, 4.69) is 5.32 Å². The number of amides is 4. The van der Waals surface area contributed by atoms with Crippen molar-refractivity contribution in [2.24, 2.45) is 11.7 Å². The first-order valence-electron chi connectivity index (χ1n) is 14.7. The van der Waals surface area contributed by atoms with Gasteiger partial charge in [0.1, 0.15) is 17.7 Å². The van der Waals surface area contributed by atoms with Gasteiger partial charge in [0.15, 0.2) is 0 Å². The highest BCUT2D eigenvalue weighted by Crippen LogP contribution is 2.38. The van der Waals surface area contributed by atoms with Gasteiger partial charge < -0.3 is 26.2 Å². The van der Waals surface area contributed by atoms with Crippen LogP contribution in [0.4, 0.5) is 19.3 Å². The number of aliphatic hydroxyl groups is 2. The number of rotatable bonds is 12. The van der Waals surface area contributed by atoms with Gasteiger partial charge in [-0.3, -0.25) is 14.5 Å². The maximum absolute atomic E-state index is 13.7. The first-order valence-corrected chi connectivity index (χ1v) is 14.7. The fourth-order valence-corrected chi connectivity index (χ4v) is 5.73. The Morgan fingerprint density at radius 2 is 1.41 bits per heavy atom. The Morgan fingerprint density at radius 3 is 1.98 bits per heavy atom. The first kappa shape index (κ1) is 32.6. The Hall–Kier alpha value is -4.35.